The number of rotatable bonds is 4. The van der Waals surface area contributed by atoms with Gasteiger partial charge in [0.2, 0.25) is 0 Å². The largest absolute Gasteiger partial charge is 0.394 e. The standard InChI is InChI=1S/C12H20N6/c1-5-6-9-11(13)12(18(4)15-9)14-10-7-8(2)17(3)16-10/h7H,5-6,13H2,1-4H3,(H,14,16). The summed E-state index contributed by atoms with van der Waals surface area (Å²) in [5.74, 6) is 1.59. The average Bonchev–Trinajstić information content (AvgIpc) is 2.75. The predicted octanol–water partition coefficient (Wildman–Crippen LogP) is 1.74. The van der Waals surface area contributed by atoms with Crippen LogP contribution in [-0.2, 0) is 20.5 Å². The molecule has 0 aliphatic heterocycles. The maximum Gasteiger partial charge on any atom is 0.153 e. The maximum atomic E-state index is 6.10. The Morgan fingerprint density at radius 1 is 1.28 bits per heavy atom. The Hall–Kier alpha value is -1.98. The lowest BCUT2D eigenvalue weighted by atomic mass is 10.2. The van der Waals surface area contributed by atoms with Crippen LogP contribution in [0, 0.1) is 6.92 Å². The molecule has 0 aliphatic carbocycles. The highest BCUT2D eigenvalue weighted by molar-refractivity contribution is 5.70. The number of aromatic nitrogens is 4. The zero-order chi connectivity index (χ0) is 13.3. The van der Waals surface area contributed by atoms with Gasteiger partial charge in [0.1, 0.15) is 0 Å². The van der Waals surface area contributed by atoms with Gasteiger partial charge in [-0.3, -0.25) is 9.36 Å². The summed E-state index contributed by atoms with van der Waals surface area (Å²) in [6, 6.07) is 1.98. The second kappa shape index (κ2) is 4.72. The molecule has 98 valence electrons. The third-order valence-corrected chi connectivity index (χ3v) is 3.01. The molecule has 2 aromatic rings. The number of nitrogens with zero attached hydrogens (tertiary/aromatic N) is 4. The van der Waals surface area contributed by atoms with Gasteiger partial charge < -0.3 is 11.1 Å². The molecule has 18 heavy (non-hydrogen) atoms. The van der Waals surface area contributed by atoms with E-state index in [1.54, 1.807) is 4.68 Å². The molecule has 6 nitrogen and oxygen atoms in total. The van der Waals surface area contributed by atoms with E-state index in [9.17, 15) is 0 Å². The van der Waals surface area contributed by atoms with Gasteiger partial charge in [-0.05, 0) is 13.3 Å². The SMILES string of the molecule is CCCc1nn(C)c(Nc2cc(C)n(C)n2)c1N. The summed E-state index contributed by atoms with van der Waals surface area (Å²) in [5.41, 5.74) is 8.84. The Balaban J connectivity index is 2.28. The van der Waals surface area contributed by atoms with E-state index in [4.69, 9.17) is 5.73 Å². The molecule has 2 aromatic heterocycles. The molecule has 0 spiro atoms. The van der Waals surface area contributed by atoms with Crippen LogP contribution in [0.4, 0.5) is 17.3 Å². The monoisotopic (exact) mass is 248 g/mol. The van der Waals surface area contributed by atoms with Gasteiger partial charge in [0.05, 0.1) is 11.4 Å². The predicted molar refractivity (Wildman–Crippen MR) is 72.8 cm³/mol. The quantitative estimate of drug-likeness (QED) is 0.864. The van der Waals surface area contributed by atoms with Crippen LogP contribution >= 0.6 is 0 Å². The minimum atomic E-state index is 0.711. The Bertz CT molecular complexity index is 532. The first kappa shape index (κ1) is 12.5. The van der Waals surface area contributed by atoms with Crippen LogP contribution in [0.3, 0.4) is 0 Å². The molecule has 3 N–H and O–H groups in total. The summed E-state index contributed by atoms with van der Waals surface area (Å²) in [6.45, 7) is 4.12. The van der Waals surface area contributed by atoms with E-state index in [0.29, 0.717) is 5.69 Å². The topological polar surface area (TPSA) is 73.7 Å². The Morgan fingerprint density at radius 2 is 2.00 bits per heavy atom. The first-order chi connectivity index (χ1) is 8.52. The lowest BCUT2D eigenvalue weighted by Gasteiger charge is -2.04. The average molecular weight is 248 g/mol. The molecule has 0 bridgehead atoms. The number of nitrogens with one attached hydrogen (secondary N) is 1. The highest BCUT2D eigenvalue weighted by Crippen LogP contribution is 2.26. The van der Waals surface area contributed by atoms with E-state index in [0.717, 1.165) is 35.9 Å². The van der Waals surface area contributed by atoms with E-state index in [1.165, 1.54) is 0 Å². The molecule has 0 saturated carbocycles. The summed E-state index contributed by atoms with van der Waals surface area (Å²) < 4.78 is 3.59. The smallest absolute Gasteiger partial charge is 0.153 e. The zero-order valence-electron chi connectivity index (χ0n) is 11.4. The Labute approximate surface area is 107 Å². The van der Waals surface area contributed by atoms with Crippen molar-refractivity contribution in [2.24, 2.45) is 14.1 Å². The van der Waals surface area contributed by atoms with E-state index >= 15 is 0 Å². The van der Waals surface area contributed by atoms with E-state index in [-0.39, 0.29) is 0 Å². The van der Waals surface area contributed by atoms with Crippen molar-refractivity contribution < 1.29 is 0 Å². The fraction of sp³-hybridized carbons (Fsp3) is 0.500. The number of nitrogen functional groups attached to an aromatic ring is 1. The van der Waals surface area contributed by atoms with Crippen molar-refractivity contribution in [3.05, 3.63) is 17.5 Å². The van der Waals surface area contributed by atoms with Crippen molar-refractivity contribution in [2.75, 3.05) is 11.1 Å². The van der Waals surface area contributed by atoms with Crippen LogP contribution in [0.15, 0.2) is 6.07 Å². The number of hydrogen-bond donors (Lipinski definition) is 2. The molecular formula is C12H20N6. The fourth-order valence-electron chi connectivity index (χ4n) is 1.91. The first-order valence-electron chi connectivity index (χ1n) is 6.12. The van der Waals surface area contributed by atoms with Crippen molar-refractivity contribution in [2.45, 2.75) is 26.7 Å². The minimum Gasteiger partial charge on any atom is -0.394 e. The lowest BCUT2D eigenvalue weighted by molar-refractivity contribution is 0.732. The van der Waals surface area contributed by atoms with Crippen molar-refractivity contribution in [1.29, 1.82) is 0 Å². The van der Waals surface area contributed by atoms with Gasteiger partial charge in [-0.25, -0.2) is 0 Å². The normalized spacial score (nSPS) is 10.9. The van der Waals surface area contributed by atoms with Gasteiger partial charge in [0, 0.05) is 25.9 Å². The molecule has 6 heteroatoms. The van der Waals surface area contributed by atoms with Gasteiger partial charge in [-0.2, -0.15) is 10.2 Å². The number of aryl methyl sites for hydroxylation is 4. The van der Waals surface area contributed by atoms with E-state index in [2.05, 4.69) is 22.4 Å². The van der Waals surface area contributed by atoms with Crippen LogP contribution < -0.4 is 11.1 Å². The molecule has 2 rings (SSSR count). The fourth-order valence-corrected chi connectivity index (χ4v) is 1.91. The van der Waals surface area contributed by atoms with Crippen molar-refractivity contribution in [3.63, 3.8) is 0 Å². The molecule has 0 atom stereocenters. The van der Waals surface area contributed by atoms with Crippen molar-refractivity contribution in [3.8, 4) is 0 Å². The number of hydrogen-bond acceptors (Lipinski definition) is 4. The second-order valence-corrected chi connectivity index (χ2v) is 4.50. The van der Waals surface area contributed by atoms with Crippen LogP contribution in [0.1, 0.15) is 24.7 Å². The first-order valence-corrected chi connectivity index (χ1v) is 6.12. The van der Waals surface area contributed by atoms with Crippen LogP contribution in [0.2, 0.25) is 0 Å². The van der Waals surface area contributed by atoms with Gasteiger partial charge in [0.25, 0.3) is 0 Å². The summed E-state index contributed by atoms with van der Waals surface area (Å²) in [7, 11) is 3.79. The Kier molecular flexibility index (Phi) is 3.27. The molecule has 0 fully saturated rings. The molecule has 0 radical (unpaired) electrons. The molecule has 0 amide bonds. The molecule has 2 heterocycles. The summed E-state index contributed by atoms with van der Waals surface area (Å²) in [5, 5.41) is 12.0. The molecule has 0 aromatic carbocycles. The highest BCUT2D eigenvalue weighted by atomic mass is 15.4. The number of anilines is 3. The van der Waals surface area contributed by atoms with Gasteiger partial charge in [-0.15, -0.1) is 0 Å². The third kappa shape index (κ3) is 2.18. The molecule has 0 saturated heterocycles. The van der Waals surface area contributed by atoms with E-state index < -0.39 is 0 Å². The maximum absolute atomic E-state index is 6.10. The lowest BCUT2D eigenvalue weighted by Crippen LogP contribution is -2.02. The minimum absolute atomic E-state index is 0.711. The second-order valence-electron chi connectivity index (χ2n) is 4.50. The van der Waals surface area contributed by atoms with Gasteiger partial charge in [-0.1, -0.05) is 13.3 Å². The van der Waals surface area contributed by atoms with Gasteiger partial charge in [0.15, 0.2) is 11.6 Å². The third-order valence-electron chi connectivity index (χ3n) is 3.01. The summed E-state index contributed by atoms with van der Waals surface area (Å²) in [4.78, 5) is 0. The Morgan fingerprint density at radius 3 is 2.56 bits per heavy atom. The van der Waals surface area contributed by atoms with Crippen molar-refractivity contribution in [1.82, 2.24) is 19.6 Å². The van der Waals surface area contributed by atoms with Crippen LogP contribution in [0.25, 0.3) is 0 Å². The molecular weight excluding hydrogens is 228 g/mol. The summed E-state index contributed by atoms with van der Waals surface area (Å²) in [6.07, 6.45) is 1.92. The molecule has 0 aliphatic rings. The zero-order valence-corrected chi connectivity index (χ0v) is 11.4. The van der Waals surface area contributed by atoms with Crippen LogP contribution in [0.5, 0.6) is 0 Å². The van der Waals surface area contributed by atoms with Crippen LogP contribution in [-0.4, -0.2) is 19.6 Å². The highest BCUT2D eigenvalue weighted by Gasteiger charge is 2.13. The number of nitrogens with two attached hydrogens (primary N) is 1. The van der Waals surface area contributed by atoms with E-state index in [1.807, 2.05) is 31.8 Å². The van der Waals surface area contributed by atoms with Gasteiger partial charge >= 0.3 is 0 Å². The summed E-state index contributed by atoms with van der Waals surface area (Å²) >= 11 is 0. The molecule has 0 unspecified atom stereocenters. The van der Waals surface area contributed by atoms with Crippen molar-refractivity contribution >= 4 is 17.3 Å².